The van der Waals surface area contributed by atoms with Crippen molar-refractivity contribution >= 4 is 5.97 Å². The molecule has 0 saturated heterocycles. The highest BCUT2D eigenvalue weighted by Gasteiger charge is 2.12. The van der Waals surface area contributed by atoms with Gasteiger partial charge in [0.15, 0.2) is 0 Å². The summed E-state index contributed by atoms with van der Waals surface area (Å²) >= 11 is 0. The number of allylic oxidation sites excluding steroid dienone is 2. The van der Waals surface area contributed by atoms with Gasteiger partial charge in [-0.3, -0.25) is 4.79 Å². The molecule has 0 aromatic rings. The lowest BCUT2D eigenvalue weighted by Gasteiger charge is -2.10. The molecule has 0 radical (unpaired) electrons. The average Bonchev–Trinajstić information content (AvgIpc) is 2.10. The third kappa shape index (κ3) is 6.38. The van der Waals surface area contributed by atoms with Crippen molar-refractivity contribution in [1.82, 2.24) is 0 Å². The zero-order chi connectivity index (χ0) is 10.3. The number of ether oxygens (including phenoxy) is 1. The van der Waals surface area contributed by atoms with E-state index in [2.05, 4.69) is 0 Å². The van der Waals surface area contributed by atoms with E-state index < -0.39 is 0 Å². The lowest BCUT2D eigenvalue weighted by molar-refractivity contribution is -0.148. The molecule has 0 spiro atoms. The smallest absolute Gasteiger partial charge is 0.308 e. The van der Waals surface area contributed by atoms with Crippen LogP contribution in [0.1, 0.15) is 34.1 Å². The quantitative estimate of drug-likeness (QED) is 0.485. The largest absolute Gasteiger partial charge is 0.465 e. The minimum absolute atomic E-state index is 0.0186. The predicted molar refractivity (Wildman–Crippen MR) is 54.4 cm³/mol. The monoisotopic (exact) mass is 184 g/mol. The van der Waals surface area contributed by atoms with Crippen molar-refractivity contribution in [2.75, 3.05) is 6.61 Å². The SMILES string of the molecule is CC=CCC(C)C(=O)OCC(C)C. The van der Waals surface area contributed by atoms with Gasteiger partial charge >= 0.3 is 5.97 Å². The van der Waals surface area contributed by atoms with Gasteiger partial charge in [-0.2, -0.15) is 0 Å². The van der Waals surface area contributed by atoms with Gasteiger partial charge in [0, 0.05) is 0 Å². The maximum atomic E-state index is 11.3. The van der Waals surface area contributed by atoms with E-state index in [9.17, 15) is 4.79 Å². The summed E-state index contributed by atoms with van der Waals surface area (Å²) < 4.78 is 5.09. The van der Waals surface area contributed by atoms with Crippen LogP contribution in [0.15, 0.2) is 12.2 Å². The summed E-state index contributed by atoms with van der Waals surface area (Å²) in [6.45, 7) is 8.43. The Morgan fingerprint density at radius 2 is 2.00 bits per heavy atom. The molecule has 0 bridgehead atoms. The zero-order valence-corrected chi connectivity index (χ0v) is 9.04. The number of hydrogen-bond acceptors (Lipinski definition) is 2. The van der Waals surface area contributed by atoms with Gasteiger partial charge in [0.25, 0.3) is 0 Å². The Morgan fingerprint density at radius 1 is 1.38 bits per heavy atom. The van der Waals surface area contributed by atoms with Crippen LogP contribution in [-0.2, 0) is 9.53 Å². The maximum absolute atomic E-state index is 11.3. The molecule has 13 heavy (non-hydrogen) atoms. The standard InChI is InChI=1S/C11H20O2/c1-5-6-7-10(4)11(12)13-8-9(2)3/h5-6,9-10H,7-8H2,1-4H3. The number of esters is 1. The molecule has 2 heteroatoms. The maximum Gasteiger partial charge on any atom is 0.308 e. The molecule has 0 fully saturated rings. The molecule has 0 saturated carbocycles. The van der Waals surface area contributed by atoms with Crippen molar-refractivity contribution in [1.29, 1.82) is 0 Å². The van der Waals surface area contributed by atoms with Crippen LogP contribution in [0, 0.1) is 11.8 Å². The molecule has 0 aliphatic carbocycles. The van der Waals surface area contributed by atoms with Crippen molar-refractivity contribution in [3.8, 4) is 0 Å². The molecule has 0 heterocycles. The van der Waals surface area contributed by atoms with Crippen LogP contribution >= 0.6 is 0 Å². The molecular weight excluding hydrogens is 164 g/mol. The molecule has 0 aliphatic heterocycles. The molecule has 0 aliphatic rings. The Bertz CT molecular complexity index is 171. The second-order valence-corrected chi connectivity index (χ2v) is 3.73. The lowest BCUT2D eigenvalue weighted by Crippen LogP contribution is -2.16. The summed E-state index contributed by atoms with van der Waals surface area (Å²) in [4.78, 5) is 11.3. The molecule has 0 aromatic carbocycles. The van der Waals surface area contributed by atoms with Gasteiger partial charge in [0.1, 0.15) is 0 Å². The number of hydrogen-bond donors (Lipinski definition) is 0. The first-order valence-electron chi connectivity index (χ1n) is 4.85. The Labute approximate surface area is 81.0 Å². The molecule has 0 rings (SSSR count). The van der Waals surface area contributed by atoms with Crippen LogP contribution in [0.4, 0.5) is 0 Å². The molecule has 2 nitrogen and oxygen atoms in total. The summed E-state index contributed by atoms with van der Waals surface area (Å²) in [6.07, 6.45) is 4.71. The molecule has 0 amide bonds. The van der Waals surface area contributed by atoms with Crippen LogP contribution in [0.3, 0.4) is 0 Å². The Hall–Kier alpha value is -0.790. The minimum Gasteiger partial charge on any atom is -0.465 e. The van der Waals surface area contributed by atoms with E-state index in [1.165, 1.54) is 0 Å². The van der Waals surface area contributed by atoms with Crippen molar-refractivity contribution in [3.63, 3.8) is 0 Å². The van der Waals surface area contributed by atoms with Crippen LogP contribution in [0.25, 0.3) is 0 Å². The van der Waals surface area contributed by atoms with Gasteiger partial charge in [-0.05, 0) is 19.3 Å². The summed E-state index contributed by atoms with van der Waals surface area (Å²) in [7, 11) is 0. The minimum atomic E-state index is -0.0909. The van der Waals surface area contributed by atoms with Gasteiger partial charge in [-0.1, -0.05) is 32.9 Å². The van der Waals surface area contributed by atoms with Gasteiger partial charge in [-0.25, -0.2) is 0 Å². The first kappa shape index (κ1) is 12.2. The van der Waals surface area contributed by atoms with Gasteiger partial charge < -0.3 is 4.74 Å². The third-order valence-corrected chi connectivity index (χ3v) is 1.69. The first-order chi connectivity index (χ1) is 6.07. The Balaban J connectivity index is 3.69. The molecule has 0 aromatic heterocycles. The Kier molecular flexibility index (Phi) is 6.29. The number of carbonyl (C=O) groups is 1. The number of rotatable bonds is 5. The van der Waals surface area contributed by atoms with Crippen LogP contribution < -0.4 is 0 Å². The number of carbonyl (C=O) groups excluding carboxylic acids is 1. The summed E-state index contributed by atoms with van der Waals surface area (Å²) in [5.41, 5.74) is 0. The van der Waals surface area contributed by atoms with E-state index in [-0.39, 0.29) is 11.9 Å². The molecular formula is C11H20O2. The van der Waals surface area contributed by atoms with Crippen molar-refractivity contribution in [2.45, 2.75) is 34.1 Å². The van der Waals surface area contributed by atoms with Gasteiger partial charge in [0.05, 0.1) is 12.5 Å². The zero-order valence-electron chi connectivity index (χ0n) is 9.04. The van der Waals surface area contributed by atoms with E-state index in [1.54, 1.807) is 0 Å². The fraction of sp³-hybridized carbons (Fsp3) is 0.727. The highest BCUT2D eigenvalue weighted by Crippen LogP contribution is 2.06. The van der Waals surface area contributed by atoms with Crippen molar-refractivity contribution in [3.05, 3.63) is 12.2 Å². The van der Waals surface area contributed by atoms with Gasteiger partial charge in [0.2, 0.25) is 0 Å². The van der Waals surface area contributed by atoms with E-state index in [4.69, 9.17) is 4.74 Å². The molecule has 1 atom stereocenters. The Morgan fingerprint density at radius 3 is 2.46 bits per heavy atom. The predicted octanol–water partition coefficient (Wildman–Crippen LogP) is 2.79. The van der Waals surface area contributed by atoms with Crippen molar-refractivity contribution in [2.24, 2.45) is 11.8 Å². The van der Waals surface area contributed by atoms with Crippen LogP contribution in [0.5, 0.6) is 0 Å². The van der Waals surface area contributed by atoms with E-state index in [0.29, 0.717) is 12.5 Å². The fourth-order valence-corrected chi connectivity index (χ4v) is 0.827. The molecule has 1 unspecified atom stereocenters. The van der Waals surface area contributed by atoms with Crippen molar-refractivity contribution < 1.29 is 9.53 Å². The van der Waals surface area contributed by atoms with E-state index in [1.807, 2.05) is 39.8 Å². The highest BCUT2D eigenvalue weighted by molar-refractivity contribution is 5.72. The first-order valence-corrected chi connectivity index (χ1v) is 4.85. The summed E-state index contributed by atoms with van der Waals surface area (Å²) in [5.74, 6) is 0.305. The van der Waals surface area contributed by atoms with Crippen LogP contribution in [0.2, 0.25) is 0 Å². The summed E-state index contributed by atoms with van der Waals surface area (Å²) in [5, 5.41) is 0. The molecule has 0 N–H and O–H groups in total. The highest BCUT2D eigenvalue weighted by atomic mass is 16.5. The van der Waals surface area contributed by atoms with E-state index in [0.717, 1.165) is 6.42 Å². The topological polar surface area (TPSA) is 26.3 Å². The third-order valence-electron chi connectivity index (χ3n) is 1.69. The summed E-state index contributed by atoms with van der Waals surface area (Å²) in [6, 6.07) is 0. The second-order valence-electron chi connectivity index (χ2n) is 3.73. The van der Waals surface area contributed by atoms with E-state index >= 15 is 0 Å². The van der Waals surface area contributed by atoms with Crippen LogP contribution in [-0.4, -0.2) is 12.6 Å². The average molecular weight is 184 g/mol. The molecule has 76 valence electrons. The lowest BCUT2D eigenvalue weighted by atomic mass is 10.1. The van der Waals surface area contributed by atoms with Gasteiger partial charge in [-0.15, -0.1) is 0 Å². The normalized spacial score (nSPS) is 13.6. The fourth-order valence-electron chi connectivity index (χ4n) is 0.827. The second kappa shape index (κ2) is 6.70.